The normalized spacial score (nSPS) is 10.8. The number of carbonyl (C=O) groups is 1. The third-order valence-corrected chi connectivity index (χ3v) is 3.09. The van der Waals surface area contributed by atoms with Crippen molar-refractivity contribution in [3.63, 3.8) is 0 Å². The molecule has 0 radical (unpaired) electrons. The van der Waals surface area contributed by atoms with Gasteiger partial charge in [0.1, 0.15) is 0 Å². The number of anilines is 1. The first-order valence-corrected chi connectivity index (χ1v) is 6.06. The number of nitrogens with zero attached hydrogens (tertiary/aromatic N) is 1. The van der Waals surface area contributed by atoms with Crippen LogP contribution in [0.15, 0.2) is 42.5 Å². The number of nitro groups is 1. The van der Waals surface area contributed by atoms with Crippen molar-refractivity contribution < 1.29 is 9.72 Å². The third-order valence-electron chi connectivity index (χ3n) is 3.09. The van der Waals surface area contributed by atoms with Crippen molar-refractivity contribution in [2.45, 2.75) is 0 Å². The summed E-state index contributed by atoms with van der Waals surface area (Å²) in [4.78, 5) is 24.4. The predicted octanol–water partition coefficient (Wildman–Crippen LogP) is 2.54. The number of hydrogen-bond donors (Lipinski definition) is 2. The predicted molar refractivity (Wildman–Crippen MR) is 76.3 cm³/mol. The summed E-state index contributed by atoms with van der Waals surface area (Å²) in [7, 11) is 0. The van der Waals surface area contributed by atoms with Gasteiger partial charge in [0.2, 0.25) is 0 Å². The molecule has 2 N–H and O–H groups in total. The quantitative estimate of drug-likeness (QED) is 0.565. The molecule has 0 saturated carbocycles. The van der Waals surface area contributed by atoms with Crippen LogP contribution in [-0.2, 0) is 4.79 Å². The fraction of sp³-hybridized carbons (Fsp3) is 0.0714. The largest absolute Gasteiger partial charge is 0.353 e. The van der Waals surface area contributed by atoms with Crippen molar-refractivity contribution in [3.05, 3.63) is 52.6 Å². The lowest BCUT2D eigenvalue weighted by Gasteiger charge is -2.03. The standard InChI is InChI=1S/C14H11N3O3/c18-13(8-17(19)20)15-12-7-3-5-10-9-4-1-2-6-11(9)16-14(10)12/h1-7,16H,8H2,(H,15,18). The van der Waals surface area contributed by atoms with Crippen LogP contribution in [0.4, 0.5) is 5.69 Å². The number of amides is 1. The highest BCUT2D eigenvalue weighted by Gasteiger charge is 2.13. The lowest BCUT2D eigenvalue weighted by molar-refractivity contribution is -0.467. The highest BCUT2D eigenvalue weighted by atomic mass is 16.6. The molecule has 0 unspecified atom stereocenters. The van der Waals surface area contributed by atoms with Crippen LogP contribution in [0.2, 0.25) is 0 Å². The van der Waals surface area contributed by atoms with Crippen LogP contribution in [0.3, 0.4) is 0 Å². The Morgan fingerprint density at radius 1 is 1.15 bits per heavy atom. The summed E-state index contributed by atoms with van der Waals surface area (Å²) in [6.45, 7) is -0.739. The number of para-hydroxylation sites is 2. The van der Waals surface area contributed by atoms with Gasteiger partial charge in [-0.2, -0.15) is 0 Å². The molecule has 6 heteroatoms. The Labute approximate surface area is 113 Å². The molecule has 20 heavy (non-hydrogen) atoms. The number of fused-ring (bicyclic) bond motifs is 3. The van der Waals surface area contributed by atoms with E-state index in [9.17, 15) is 14.9 Å². The van der Waals surface area contributed by atoms with Crippen molar-refractivity contribution in [2.24, 2.45) is 0 Å². The molecular formula is C14H11N3O3. The van der Waals surface area contributed by atoms with Crippen LogP contribution < -0.4 is 5.32 Å². The minimum Gasteiger partial charge on any atom is -0.353 e. The highest BCUT2D eigenvalue weighted by molar-refractivity contribution is 6.13. The Morgan fingerprint density at radius 2 is 1.90 bits per heavy atom. The Kier molecular flexibility index (Phi) is 2.83. The number of aromatic nitrogens is 1. The second-order valence-electron chi connectivity index (χ2n) is 4.44. The number of nitrogens with one attached hydrogen (secondary N) is 2. The molecule has 0 spiro atoms. The van der Waals surface area contributed by atoms with E-state index >= 15 is 0 Å². The molecule has 0 bridgehead atoms. The van der Waals surface area contributed by atoms with Gasteiger partial charge < -0.3 is 10.3 Å². The average molecular weight is 269 g/mol. The molecule has 0 fully saturated rings. The fourth-order valence-corrected chi connectivity index (χ4v) is 2.28. The van der Waals surface area contributed by atoms with E-state index in [1.807, 2.05) is 36.4 Å². The van der Waals surface area contributed by atoms with E-state index in [1.54, 1.807) is 6.07 Å². The van der Waals surface area contributed by atoms with Gasteiger partial charge in [0.25, 0.3) is 12.5 Å². The van der Waals surface area contributed by atoms with E-state index in [0.717, 1.165) is 21.8 Å². The smallest absolute Gasteiger partial charge is 0.296 e. The molecule has 3 aromatic rings. The number of rotatable bonds is 3. The summed E-state index contributed by atoms with van der Waals surface area (Å²) >= 11 is 0. The SMILES string of the molecule is O=C(C[N+](=O)[O-])Nc1cccc2c1[nH]c1ccccc12. The number of carbonyl (C=O) groups excluding carboxylic acids is 1. The van der Waals surface area contributed by atoms with Crippen molar-refractivity contribution in [1.29, 1.82) is 0 Å². The third kappa shape index (κ3) is 2.07. The summed E-state index contributed by atoms with van der Waals surface area (Å²) in [5.74, 6) is -0.638. The van der Waals surface area contributed by atoms with Gasteiger partial charge in [0.15, 0.2) is 0 Å². The van der Waals surface area contributed by atoms with Crippen LogP contribution in [0.5, 0.6) is 0 Å². The van der Waals surface area contributed by atoms with Gasteiger partial charge in [-0.05, 0) is 12.1 Å². The van der Waals surface area contributed by atoms with Gasteiger partial charge in [-0.3, -0.25) is 14.9 Å². The number of H-pyrrole nitrogens is 1. The first-order chi connectivity index (χ1) is 9.65. The van der Waals surface area contributed by atoms with Crippen molar-refractivity contribution in [1.82, 2.24) is 4.98 Å². The Balaban J connectivity index is 2.07. The average Bonchev–Trinajstić information content (AvgIpc) is 2.78. The zero-order chi connectivity index (χ0) is 14.1. The summed E-state index contributed by atoms with van der Waals surface area (Å²) in [6, 6.07) is 13.3. The molecule has 0 aliphatic heterocycles. The summed E-state index contributed by atoms with van der Waals surface area (Å²) in [6.07, 6.45) is 0. The first-order valence-electron chi connectivity index (χ1n) is 6.06. The topological polar surface area (TPSA) is 88.0 Å². The first kappa shape index (κ1) is 12.2. The minimum absolute atomic E-state index is 0.547. The lowest BCUT2D eigenvalue weighted by Crippen LogP contribution is -2.21. The maximum Gasteiger partial charge on any atom is 0.296 e. The molecule has 6 nitrogen and oxygen atoms in total. The van der Waals surface area contributed by atoms with E-state index in [-0.39, 0.29) is 0 Å². The Morgan fingerprint density at radius 3 is 2.70 bits per heavy atom. The molecule has 0 aliphatic carbocycles. The monoisotopic (exact) mass is 269 g/mol. The molecule has 1 aromatic heterocycles. The summed E-state index contributed by atoms with van der Waals surface area (Å²) < 4.78 is 0. The van der Waals surface area contributed by atoms with E-state index < -0.39 is 17.4 Å². The molecule has 0 atom stereocenters. The molecule has 0 aliphatic rings. The molecule has 1 heterocycles. The van der Waals surface area contributed by atoms with Crippen molar-refractivity contribution in [3.8, 4) is 0 Å². The maximum atomic E-state index is 11.5. The molecular weight excluding hydrogens is 258 g/mol. The summed E-state index contributed by atoms with van der Waals surface area (Å²) in [5, 5.41) is 14.9. The molecule has 1 amide bonds. The fourth-order valence-electron chi connectivity index (χ4n) is 2.28. The number of aromatic amines is 1. The van der Waals surface area contributed by atoms with Crippen LogP contribution >= 0.6 is 0 Å². The Bertz CT molecular complexity index is 823. The van der Waals surface area contributed by atoms with Crippen molar-refractivity contribution >= 4 is 33.4 Å². The minimum atomic E-state index is -0.739. The van der Waals surface area contributed by atoms with Crippen molar-refractivity contribution in [2.75, 3.05) is 11.9 Å². The number of hydrogen-bond acceptors (Lipinski definition) is 3. The van der Waals surface area contributed by atoms with Crippen LogP contribution in [0.25, 0.3) is 21.8 Å². The van der Waals surface area contributed by atoms with Crippen LogP contribution in [0, 0.1) is 10.1 Å². The molecule has 0 saturated heterocycles. The molecule has 3 rings (SSSR count). The highest BCUT2D eigenvalue weighted by Crippen LogP contribution is 2.29. The van der Waals surface area contributed by atoms with E-state index in [2.05, 4.69) is 10.3 Å². The van der Waals surface area contributed by atoms with Gasteiger partial charge in [0, 0.05) is 21.2 Å². The zero-order valence-corrected chi connectivity index (χ0v) is 10.4. The van der Waals surface area contributed by atoms with Gasteiger partial charge in [0.05, 0.1) is 11.2 Å². The molecule has 2 aromatic carbocycles. The second-order valence-corrected chi connectivity index (χ2v) is 4.44. The van der Waals surface area contributed by atoms with Crippen LogP contribution in [-0.4, -0.2) is 22.4 Å². The van der Waals surface area contributed by atoms with E-state index in [0.29, 0.717) is 5.69 Å². The van der Waals surface area contributed by atoms with Gasteiger partial charge in [-0.15, -0.1) is 0 Å². The number of benzene rings is 2. The van der Waals surface area contributed by atoms with Gasteiger partial charge in [-0.25, -0.2) is 0 Å². The van der Waals surface area contributed by atoms with E-state index in [4.69, 9.17) is 0 Å². The molecule has 100 valence electrons. The summed E-state index contributed by atoms with van der Waals surface area (Å²) in [5.41, 5.74) is 2.27. The maximum absolute atomic E-state index is 11.5. The lowest BCUT2D eigenvalue weighted by atomic mass is 10.1. The second kappa shape index (κ2) is 4.65. The van der Waals surface area contributed by atoms with Gasteiger partial charge in [-0.1, -0.05) is 30.3 Å². The zero-order valence-electron chi connectivity index (χ0n) is 10.4. The van der Waals surface area contributed by atoms with Gasteiger partial charge >= 0.3 is 0 Å². The van der Waals surface area contributed by atoms with E-state index in [1.165, 1.54) is 0 Å². The Hall–Kier alpha value is -2.89. The van der Waals surface area contributed by atoms with Crippen LogP contribution in [0.1, 0.15) is 0 Å².